The van der Waals surface area contributed by atoms with E-state index in [0.29, 0.717) is 16.9 Å². The maximum atomic E-state index is 13.0. The zero-order valence-electron chi connectivity index (χ0n) is 18.8. The Kier molecular flexibility index (Phi) is 5.22. The molecule has 0 spiro atoms. The van der Waals surface area contributed by atoms with Crippen LogP contribution in [0.1, 0.15) is 21.7 Å². The number of benzene rings is 2. The van der Waals surface area contributed by atoms with Crippen molar-refractivity contribution in [3.63, 3.8) is 0 Å². The molecular weight excluding hydrogens is 376 g/mol. The Morgan fingerprint density at radius 3 is 2.79 bits per heavy atom. The van der Waals surface area contributed by atoms with Crippen LogP contribution in [0.3, 0.4) is 0 Å². The summed E-state index contributed by atoms with van der Waals surface area (Å²) in [5.41, 5.74) is -0.149. The summed E-state index contributed by atoms with van der Waals surface area (Å²) in [7, 11) is -2.12. The van der Waals surface area contributed by atoms with Crippen LogP contribution in [0, 0.1) is 5.92 Å². The Morgan fingerprint density at radius 2 is 2.07 bits per heavy atom. The maximum Gasteiger partial charge on any atom is 0.218 e. The van der Waals surface area contributed by atoms with Gasteiger partial charge in [0.25, 0.3) is 0 Å². The summed E-state index contributed by atoms with van der Waals surface area (Å²) in [6.45, 7) is -2.33. The van der Waals surface area contributed by atoms with Crippen LogP contribution in [0.5, 0.6) is 5.75 Å². The van der Waals surface area contributed by atoms with E-state index in [2.05, 4.69) is 5.32 Å². The molecule has 0 aromatic heterocycles. The first kappa shape index (κ1) is 17.0. The summed E-state index contributed by atoms with van der Waals surface area (Å²) in [5, 5.41) is 14.0. The van der Waals surface area contributed by atoms with Crippen molar-refractivity contribution in [2.45, 2.75) is 17.8 Å². The normalized spacial score (nSPS) is 25.5. The molecule has 2 N–H and O–H groups in total. The summed E-state index contributed by atoms with van der Waals surface area (Å²) >= 11 is 0. The molecule has 0 aliphatic carbocycles. The van der Waals surface area contributed by atoms with Crippen molar-refractivity contribution in [2.24, 2.45) is 5.92 Å². The highest BCUT2D eigenvalue weighted by molar-refractivity contribution is 7.88. The summed E-state index contributed by atoms with van der Waals surface area (Å²) < 4.78 is 55.1. The maximum absolute atomic E-state index is 13.0. The lowest BCUT2D eigenvalue weighted by Gasteiger charge is -2.44. The third-order valence-electron chi connectivity index (χ3n) is 5.35. The summed E-state index contributed by atoms with van der Waals surface area (Å²) in [5.74, 6) is -0.253. The number of hydrogen-bond acceptors (Lipinski definition) is 5. The second-order valence-electron chi connectivity index (χ2n) is 7.08. The quantitative estimate of drug-likeness (QED) is 0.734. The zero-order chi connectivity index (χ0) is 22.7. The Hall–Kier alpha value is -1.93. The van der Waals surface area contributed by atoms with Crippen LogP contribution in [0.4, 0.5) is 0 Å². The van der Waals surface area contributed by atoms with Crippen molar-refractivity contribution in [1.29, 1.82) is 0 Å². The van der Waals surface area contributed by atoms with E-state index in [0.717, 1.165) is 0 Å². The van der Waals surface area contributed by atoms with E-state index in [-0.39, 0.29) is 31.8 Å². The largest absolute Gasteiger partial charge is 0.497 e. The highest BCUT2D eigenvalue weighted by Crippen LogP contribution is 2.39. The molecule has 2 aromatic carbocycles. The molecule has 0 bridgehead atoms. The number of aliphatic hydroxyl groups is 1. The van der Waals surface area contributed by atoms with Gasteiger partial charge in [0, 0.05) is 29.7 Å². The summed E-state index contributed by atoms with van der Waals surface area (Å²) in [6, 6.07) is 15.8. The van der Waals surface area contributed by atoms with Gasteiger partial charge in [-0.3, -0.25) is 0 Å². The van der Waals surface area contributed by atoms with Crippen LogP contribution in [0.15, 0.2) is 54.6 Å². The third-order valence-corrected chi connectivity index (χ3v) is 7.16. The molecule has 7 heteroatoms. The molecule has 1 aliphatic rings. The molecule has 1 saturated heterocycles. The van der Waals surface area contributed by atoms with Gasteiger partial charge in [-0.25, -0.2) is 12.7 Å². The number of ether oxygens (including phenoxy) is 1. The molecule has 2 atom stereocenters. The molecular formula is C21H28N2O4S. The predicted molar refractivity (Wildman–Crippen MR) is 110 cm³/mol. The topological polar surface area (TPSA) is 78.9 Å². The lowest BCUT2D eigenvalue weighted by atomic mass is 9.76. The van der Waals surface area contributed by atoms with Crippen LogP contribution in [0.2, 0.25) is 0 Å². The van der Waals surface area contributed by atoms with E-state index in [1.165, 1.54) is 11.4 Å². The van der Waals surface area contributed by atoms with Crippen LogP contribution in [-0.2, 0) is 21.4 Å². The van der Waals surface area contributed by atoms with E-state index in [1.807, 2.05) is 6.07 Å². The zero-order valence-corrected chi connectivity index (χ0v) is 16.7. The molecule has 152 valence electrons. The minimum absolute atomic E-state index is 0.00591. The fourth-order valence-corrected chi connectivity index (χ4v) is 5.32. The minimum atomic E-state index is -3.64. The van der Waals surface area contributed by atoms with Crippen molar-refractivity contribution < 1.29 is 22.4 Å². The van der Waals surface area contributed by atoms with Gasteiger partial charge in [-0.2, -0.15) is 0 Å². The monoisotopic (exact) mass is 407 g/mol. The Balaban J connectivity index is 1.87. The molecule has 0 radical (unpaired) electrons. The van der Waals surface area contributed by atoms with Gasteiger partial charge < -0.3 is 15.2 Å². The van der Waals surface area contributed by atoms with Gasteiger partial charge in [-0.15, -0.1) is 0 Å². The van der Waals surface area contributed by atoms with Crippen molar-refractivity contribution in [2.75, 3.05) is 33.7 Å². The second kappa shape index (κ2) is 8.61. The number of rotatable bonds is 7. The fourth-order valence-electron chi connectivity index (χ4n) is 3.75. The van der Waals surface area contributed by atoms with Crippen molar-refractivity contribution >= 4 is 10.0 Å². The van der Waals surface area contributed by atoms with Gasteiger partial charge in [-0.05, 0) is 36.7 Å². The first-order valence-corrected chi connectivity index (χ1v) is 10.8. The molecule has 0 saturated carbocycles. The van der Waals surface area contributed by atoms with Gasteiger partial charge in [0.1, 0.15) is 5.75 Å². The number of hydrogen-bond donors (Lipinski definition) is 2. The summed E-state index contributed by atoms with van der Waals surface area (Å²) in [6.07, 6.45) is 0.140. The predicted octanol–water partition coefficient (Wildman–Crippen LogP) is 1.95. The molecule has 28 heavy (non-hydrogen) atoms. The van der Waals surface area contributed by atoms with Crippen LogP contribution >= 0.6 is 0 Å². The number of piperidine rings is 1. The number of sulfonamides is 1. The first-order chi connectivity index (χ1) is 14.5. The van der Waals surface area contributed by atoms with E-state index >= 15 is 0 Å². The molecule has 1 heterocycles. The van der Waals surface area contributed by atoms with E-state index in [9.17, 15) is 13.5 Å². The van der Waals surface area contributed by atoms with Crippen LogP contribution in [0.25, 0.3) is 0 Å². The lowest BCUT2D eigenvalue weighted by molar-refractivity contribution is -0.0614. The Labute approximate surface area is 171 Å². The van der Waals surface area contributed by atoms with Gasteiger partial charge in [0.2, 0.25) is 10.0 Å². The van der Waals surface area contributed by atoms with Gasteiger partial charge >= 0.3 is 0 Å². The highest BCUT2D eigenvalue weighted by Gasteiger charge is 2.45. The van der Waals surface area contributed by atoms with Gasteiger partial charge in [-0.1, -0.05) is 42.5 Å². The number of nitrogens with zero attached hydrogens (tertiary/aromatic N) is 1. The van der Waals surface area contributed by atoms with Crippen molar-refractivity contribution in [3.05, 3.63) is 65.7 Å². The van der Waals surface area contributed by atoms with Crippen molar-refractivity contribution in [1.82, 2.24) is 9.62 Å². The van der Waals surface area contributed by atoms with E-state index in [4.69, 9.17) is 8.85 Å². The Morgan fingerprint density at radius 1 is 1.29 bits per heavy atom. The second-order valence-corrected chi connectivity index (χ2v) is 9.05. The smallest absolute Gasteiger partial charge is 0.218 e. The van der Waals surface area contributed by atoms with Gasteiger partial charge in [0.05, 0.1) is 18.5 Å². The van der Waals surface area contributed by atoms with Gasteiger partial charge in [0.15, 0.2) is 0 Å². The van der Waals surface area contributed by atoms with E-state index in [1.54, 1.807) is 48.5 Å². The molecule has 2 unspecified atom stereocenters. The SMILES string of the molecule is [2H]C([2H])([2H])NCC1CN(S(=O)(=O)Cc2ccccc2)CCC1(O)c1cccc(OC)c1. The average Bonchev–Trinajstić information content (AvgIpc) is 2.73. The lowest BCUT2D eigenvalue weighted by Crippen LogP contribution is -2.54. The highest BCUT2D eigenvalue weighted by atomic mass is 32.2. The van der Waals surface area contributed by atoms with Crippen molar-refractivity contribution in [3.8, 4) is 5.75 Å². The minimum Gasteiger partial charge on any atom is -0.497 e. The number of nitrogens with one attached hydrogen (secondary N) is 1. The average molecular weight is 408 g/mol. The molecule has 1 aliphatic heterocycles. The third kappa shape index (κ3) is 4.38. The van der Waals surface area contributed by atoms with E-state index < -0.39 is 28.5 Å². The van der Waals surface area contributed by atoms with Crippen LogP contribution < -0.4 is 10.1 Å². The molecule has 6 nitrogen and oxygen atoms in total. The first-order valence-electron chi connectivity index (χ1n) is 10.7. The standard InChI is InChI=1S/C21H28N2O4S/c1-22-14-19-15-23(28(25,26)16-17-7-4-3-5-8-17)12-11-21(19,24)18-9-6-10-20(13-18)27-2/h3-10,13,19,22,24H,11-12,14-16H2,1-2H3/i1D3. The molecule has 2 aromatic rings. The summed E-state index contributed by atoms with van der Waals surface area (Å²) in [4.78, 5) is 0. The molecule has 0 amide bonds. The van der Waals surface area contributed by atoms with Crippen LogP contribution in [-0.4, -0.2) is 51.5 Å². The number of methoxy groups -OCH3 is 1. The Bertz CT molecular complexity index is 986. The molecule has 3 rings (SSSR count). The molecule has 1 fully saturated rings. The fraction of sp³-hybridized carbons (Fsp3) is 0.429.